The molecule has 1 saturated carbocycles. The molecule has 0 bridgehead atoms. The molecule has 0 amide bonds. The zero-order valence-electron chi connectivity index (χ0n) is 11.3. The summed E-state index contributed by atoms with van der Waals surface area (Å²) in [7, 11) is 3.66. The van der Waals surface area contributed by atoms with Crippen molar-refractivity contribution in [1.29, 1.82) is 0 Å². The zero-order chi connectivity index (χ0) is 12.8. The van der Waals surface area contributed by atoms with E-state index in [1.807, 2.05) is 19.2 Å². The van der Waals surface area contributed by atoms with Crippen LogP contribution in [0.3, 0.4) is 0 Å². The van der Waals surface area contributed by atoms with Crippen molar-refractivity contribution < 1.29 is 9.47 Å². The first-order valence-corrected chi connectivity index (χ1v) is 6.77. The molecule has 3 nitrogen and oxygen atoms in total. The van der Waals surface area contributed by atoms with Crippen LogP contribution in [0.2, 0.25) is 0 Å². The van der Waals surface area contributed by atoms with Crippen LogP contribution in [-0.4, -0.2) is 26.8 Å². The predicted molar refractivity (Wildman–Crippen MR) is 73.0 cm³/mol. The lowest BCUT2D eigenvalue weighted by molar-refractivity contribution is -0.00785. The van der Waals surface area contributed by atoms with E-state index in [1.165, 1.54) is 31.2 Å². The summed E-state index contributed by atoms with van der Waals surface area (Å²) in [5.74, 6) is 0.892. The Bertz CT molecular complexity index is 344. The van der Waals surface area contributed by atoms with Gasteiger partial charge in [0.05, 0.1) is 19.3 Å². The highest BCUT2D eigenvalue weighted by Gasteiger charge is 2.21. The van der Waals surface area contributed by atoms with Crippen molar-refractivity contribution in [3.63, 3.8) is 0 Å². The molecule has 1 aromatic carbocycles. The summed E-state index contributed by atoms with van der Waals surface area (Å²) in [5.41, 5.74) is 1.22. The third kappa shape index (κ3) is 3.47. The Hall–Kier alpha value is -1.06. The highest BCUT2D eigenvalue weighted by Crippen LogP contribution is 2.28. The fraction of sp³-hybridized carbons (Fsp3) is 0.600. The van der Waals surface area contributed by atoms with Gasteiger partial charge in [0, 0.05) is 6.54 Å². The SMILES string of the molecule is CNCC(OC1CCCC1)c1ccc(OC)cc1. The van der Waals surface area contributed by atoms with Crippen molar-refractivity contribution in [3.05, 3.63) is 29.8 Å². The Kier molecular flexibility index (Phi) is 5.02. The van der Waals surface area contributed by atoms with Gasteiger partial charge in [0.25, 0.3) is 0 Å². The molecule has 1 fully saturated rings. The minimum absolute atomic E-state index is 0.143. The van der Waals surface area contributed by atoms with Crippen LogP contribution in [0.15, 0.2) is 24.3 Å². The van der Waals surface area contributed by atoms with Crippen molar-refractivity contribution in [2.75, 3.05) is 20.7 Å². The van der Waals surface area contributed by atoms with Gasteiger partial charge in [-0.25, -0.2) is 0 Å². The van der Waals surface area contributed by atoms with E-state index in [4.69, 9.17) is 9.47 Å². The first-order valence-electron chi connectivity index (χ1n) is 6.77. The Labute approximate surface area is 109 Å². The van der Waals surface area contributed by atoms with Gasteiger partial charge in [0.15, 0.2) is 0 Å². The van der Waals surface area contributed by atoms with Crippen LogP contribution in [0.4, 0.5) is 0 Å². The maximum atomic E-state index is 6.21. The second-order valence-electron chi connectivity index (χ2n) is 4.86. The van der Waals surface area contributed by atoms with Crippen molar-refractivity contribution in [3.8, 4) is 5.75 Å². The molecule has 1 aliphatic rings. The average molecular weight is 249 g/mol. The Balaban J connectivity index is 2.02. The smallest absolute Gasteiger partial charge is 0.118 e. The Morgan fingerprint density at radius 3 is 2.44 bits per heavy atom. The van der Waals surface area contributed by atoms with E-state index in [1.54, 1.807) is 7.11 Å². The molecule has 1 unspecified atom stereocenters. The quantitative estimate of drug-likeness (QED) is 0.841. The third-order valence-corrected chi connectivity index (χ3v) is 3.54. The van der Waals surface area contributed by atoms with Crippen LogP contribution in [0.5, 0.6) is 5.75 Å². The Morgan fingerprint density at radius 2 is 1.89 bits per heavy atom. The largest absolute Gasteiger partial charge is 0.497 e. The van der Waals surface area contributed by atoms with Crippen molar-refractivity contribution in [2.24, 2.45) is 0 Å². The molecule has 18 heavy (non-hydrogen) atoms. The van der Waals surface area contributed by atoms with Gasteiger partial charge < -0.3 is 14.8 Å². The number of ether oxygens (including phenoxy) is 2. The summed E-state index contributed by atoms with van der Waals surface area (Å²) < 4.78 is 11.4. The number of rotatable bonds is 6. The fourth-order valence-corrected chi connectivity index (χ4v) is 2.51. The highest BCUT2D eigenvalue weighted by molar-refractivity contribution is 5.28. The maximum Gasteiger partial charge on any atom is 0.118 e. The Morgan fingerprint density at radius 1 is 1.22 bits per heavy atom. The predicted octanol–water partition coefficient (Wildman–Crippen LogP) is 2.91. The van der Waals surface area contributed by atoms with Gasteiger partial charge in [-0.2, -0.15) is 0 Å². The molecular weight excluding hydrogens is 226 g/mol. The van der Waals surface area contributed by atoms with E-state index >= 15 is 0 Å². The molecule has 0 saturated heterocycles. The molecule has 100 valence electrons. The van der Waals surface area contributed by atoms with Crippen LogP contribution < -0.4 is 10.1 Å². The number of hydrogen-bond donors (Lipinski definition) is 1. The third-order valence-electron chi connectivity index (χ3n) is 3.54. The van der Waals surface area contributed by atoms with Gasteiger partial charge in [-0.3, -0.25) is 0 Å². The van der Waals surface area contributed by atoms with Gasteiger partial charge >= 0.3 is 0 Å². The van der Waals surface area contributed by atoms with Crippen LogP contribution in [0, 0.1) is 0 Å². The second-order valence-corrected chi connectivity index (χ2v) is 4.86. The maximum absolute atomic E-state index is 6.21. The van der Waals surface area contributed by atoms with Gasteiger partial charge in [0.2, 0.25) is 0 Å². The number of hydrogen-bond acceptors (Lipinski definition) is 3. The average Bonchev–Trinajstić information content (AvgIpc) is 2.91. The summed E-state index contributed by atoms with van der Waals surface area (Å²) >= 11 is 0. The lowest BCUT2D eigenvalue weighted by Crippen LogP contribution is -2.23. The van der Waals surface area contributed by atoms with E-state index in [-0.39, 0.29) is 6.10 Å². The van der Waals surface area contributed by atoms with Gasteiger partial charge in [-0.1, -0.05) is 25.0 Å². The summed E-state index contributed by atoms with van der Waals surface area (Å²) in [4.78, 5) is 0. The lowest BCUT2D eigenvalue weighted by atomic mass is 10.1. The molecule has 0 aromatic heterocycles. The summed E-state index contributed by atoms with van der Waals surface area (Å²) in [6, 6.07) is 8.18. The molecule has 0 aliphatic heterocycles. The molecule has 3 heteroatoms. The lowest BCUT2D eigenvalue weighted by Gasteiger charge is -2.22. The molecule has 2 rings (SSSR count). The van der Waals surface area contributed by atoms with Gasteiger partial charge in [-0.05, 0) is 37.6 Å². The van der Waals surface area contributed by atoms with Crippen LogP contribution in [0.25, 0.3) is 0 Å². The van der Waals surface area contributed by atoms with Crippen molar-refractivity contribution in [2.45, 2.75) is 37.9 Å². The molecule has 1 atom stereocenters. The van der Waals surface area contributed by atoms with E-state index in [0.717, 1.165) is 12.3 Å². The second kappa shape index (κ2) is 6.76. The van der Waals surface area contributed by atoms with Gasteiger partial charge in [0.1, 0.15) is 5.75 Å². The summed E-state index contributed by atoms with van der Waals surface area (Å²) in [6.07, 6.45) is 5.60. The molecule has 0 radical (unpaired) electrons. The van der Waals surface area contributed by atoms with E-state index in [9.17, 15) is 0 Å². The van der Waals surface area contributed by atoms with Crippen LogP contribution in [-0.2, 0) is 4.74 Å². The number of methoxy groups -OCH3 is 1. The number of likely N-dealkylation sites (N-methyl/N-ethyl adjacent to an activating group) is 1. The molecule has 1 aliphatic carbocycles. The molecule has 0 spiro atoms. The normalized spacial score (nSPS) is 17.9. The molecule has 0 heterocycles. The van der Waals surface area contributed by atoms with E-state index in [0.29, 0.717) is 6.10 Å². The van der Waals surface area contributed by atoms with Crippen LogP contribution in [0.1, 0.15) is 37.4 Å². The highest BCUT2D eigenvalue weighted by atomic mass is 16.5. The van der Waals surface area contributed by atoms with Gasteiger partial charge in [-0.15, -0.1) is 0 Å². The van der Waals surface area contributed by atoms with E-state index in [2.05, 4.69) is 17.4 Å². The van der Waals surface area contributed by atoms with E-state index < -0.39 is 0 Å². The number of benzene rings is 1. The van der Waals surface area contributed by atoms with Crippen molar-refractivity contribution in [1.82, 2.24) is 5.32 Å². The first-order chi connectivity index (χ1) is 8.83. The summed E-state index contributed by atoms with van der Waals surface area (Å²) in [6.45, 7) is 0.850. The minimum Gasteiger partial charge on any atom is -0.497 e. The number of nitrogens with one attached hydrogen (secondary N) is 1. The minimum atomic E-state index is 0.143. The fourth-order valence-electron chi connectivity index (χ4n) is 2.51. The molecular formula is C15H23NO2. The topological polar surface area (TPSA) is 30.5 Å². The molecule has 1 aromatic rings. The van der Waals surface area contributed by atoms with Crippen LogP contribution >= 0.6 is 0 Å². The standard InChI is InChI=1S/C15H23NO2/c1-16-11-15(18-14-5-3-4-6-14)12-7-9-13(17-2)10-8-12/h7-10,14-16H,3-6,11H2,1-2H3. The first kappa shape index (κ1) is 13.4. The van der Waals surface area contributed by atoms with Crippen molar-refractivity contribution >= 4 is 0 Å². The summed E-state index contributed by atoms with van der Waals surface area (Å²) in [5, 5.41) is 3.21. The molecule has 1 N–H and O–H groups in total. The monoisotopic (exact) mass is 249 g/mol. The zero-order valence-corrected chi connectivity index (χ0v) is 11.3.